The lowest BCUT2D eigenvalue weighted by Crippen LogP contribution is -2.30. The Morgan fingerprint density at radius 2 is 2.44 bits per heavy atom. The molecule has 1 aliphatic rings. The fourth-order valence-corrected chi connectivity index (χ4v) is 2.37. The van der Waals surface area contributed by atoms with Gasteiger partial charge < -0.3 is 10.6 Å². The maximum Gasteiger partial charge on any atom is 0.170 e. The summed E-state index contributed by atoms with van der Waals surface area (Å²) < 4.78 is 14.1. The number of aromatic nitrogens is 1. The van der Waals surface area contributed by atoms with Gasteiger partial charge in [-0.1, -0.05) is 6.92 Å². The number of nitrogens with two attached hydrogens (primary N) is 1. The van der Waals surface area contributed by atoms with Crippen LogP contribution < -0.4 is 10.6 Å². The molecule has 1 saturated heterocycles. The highest BCUT2D eigenvalue weighted by atomic mass is 19.1. The molecule has 0 amide bonds. The molecule has 1 aromatic heterocycles. The van der Waals surface area contributed by atoms with Crippen molar-refractivity contribution in [3.8, 4) is 0 Å². The van der Waals surface area contributed by atoms with Crippen LogP contribution in [0.5, 0.6) is 0 Å². The molecule has 2 N–H and O–H groups in total. The van der Waals surface area contributed by atoms with Crippen LogP contribution in [0, 0.1) is 5.82 Å². The highest BCUT2D eigenvalue weighted by molar-refractivity contribution is 5.45. The standard InChI is InChI=1S/C12H18FN3/c1-2-10-4-3-7-16(10)12-11(13)9(8-14)5-6-15-12/h5-6,10H,2-4,7-8,14H2,1H3. The van der Waals surface area contributed by atoms with Crippen LogP contribution in [0.4, 0.5) is 10.2 Å². The lowest BCUT2D eigenvalue weighted by Gasteiger charge is -2.25. The van der Waals surface area contributed by atoms with Crippen molar-refractivity contribution in [3.05, 3.63) is 23.6 Å². The second kappa shape index (κ2) is 4.78. The van der Waals surface area contributed by atoms with Crippen molar-refractivity contribution in [2.24, 2.45) is 5.73 Å². The minimum absolute atomic E-state index is 0.228. The van der Waals surface area contributed by atoms with Gasteiger partial charge in [0, 0.05) is 30.9 Å². The van der Waals surface area contributed by atoms with Crippen molar-refractivity contribution in [2.45, 2.75) is 38.8 Å². The third-order valence-corrected chi connectivity index (χ3v) is 3.29. The molecule has 2 rings (SSSR count). The van der Waals surface area contributed by atoms with Crippen LogP contribution in [-0.2, 0) is 6.54 Å². The van der Waals surface area contributed by atoms with Crippen LogP contribution in [-0.4, -0.2) is 17.6 Å². The van der Waals surface area contributed by atoms with Crippen molar-refractivity contribution >= 4 is 5.82 Å². The molecule has 0 aliphatic carbocycles. The number of pyridine rings is 1. The second-order valence-electron chi connectivity index (χ2n) is 4.21. The Morgan fingerprint density at radius 1 is 1.62 bits per heavy atom. The molecule has 1 atom stereocenters. The van der Waals surface area contributed by atoms with Gasteiger partial charge in [-0.15, -0.1) is 0 Å². The summed E-state index contributed by atoms with van der Waals surface area (Å²) in [6, 6.07) is 2.07. The van der Waals surface area contributed by atoms with Crippen molar-refractivity contribution in [3.63, 3.8) is 0 Å². The molecular weight excluding hydrogens is 205 g/mol. The number of hydrogen-bond donors (Lipinski definition) is 1. The summed E-state index contributed by atoms with van der Waals surface area (Å²) in [6.45, 7) is 3.26. The quantitative estimate of drug-likeness (QED) is 0.852. The molecule has 88 valence electrons. The van der Waals surface area contributed by atoms with E-state index in [0.29, 0.717) is 17.4 Å². The average molecular weight is 223 g/mol. The van der Waals surface area contributed by atoms with Gasteiger partial charge in [0.25, 0.3) is 0 Å². The summed E-state index contributed by atoms with van der Waals surface area (Å²) in [5.41, 5.74) is 6.05. The van der Waals surface area contributed by atoms with E-state index in [1.807, 2.05) is 0 Å². The highest BCUT2D eigenvalue weighted by Crippen LogP contribution is 2.28. The normalized spacial score (nSPS) is 20.4. The van der Waals surface area contributed by atoms with Gasteiger partial charge in [0.05, 0.1) is 0 Å². The van der Waals surface area contributed by atoms with Crippen LogP contribution >= 0.6 is 0 Å². The van der Waals surface area contributed by atoms with E-state index in [0.717, 1.165) is 25.8 Å². The Bertz CT molecular complexity index is 367. The first kappa shape index (κ1) is 11.3. The van der Waals surface area contributed by atoms with Gasteiger partial charge in [-0.2, -0.15) is 0 Å². The first-order valence-corrected chi connectivity index (χ1v) is 5.88. The molecule has 1 fully saturated rings. The summed E-state index contributed by atoms with van der Waals surface area (Å²) in [7, 11) is 0. The molecule has 1 aliphatic heterocycles. The molecule has 3 nitrogen and oxygen atoms in total. The second-order valence-corrected chi connectivity index (χ2v) is 4.21. The number of nitrogens with zero attached hydrogens (tertiary/aromatic N) is 2. The summed E-state index contributed by atoms with van der Waals surface area (Å²) in [5.74, 6) is 0.234. The zero-order valence-electron chi connectivity index (χ0n) is 9.62. The van der Waals surface area contributed by atoms with Gasteiger partial charge in [0.1, 0.15) is 0 Å². The fourth-order valence-electron chi connectivity index (χ4n) is 2.37. The summed E-state index contributed by atoms with van der Waals surface area (Å²) in [6.07, 6.45) is 4.93. The number of anilines is 1. The van der Waals surface area contributed by atoms with Crippen LogP contribution in [0.1, 0.15) is 31.7 Å². The third-order valence-electron chi connectivity index (χ3n) is 3.29. The highest BCUT2D eigenvalue weighted by Gasteiger charge is 2.26. The monoisotopic (exact) mass is 223 g/mol. The molecule has 2 heterocycles. The van der Waals surface area contributed by atoms with Crippen LogP contribution in [0.25, 0.3) is 0 Å². The predicted octanol–water partition coefficient (Wildman–Crippen LogP) is 2.06. The molecule has 0 aromatic carbocycles. The topological polar surface area (TPSA) is 42.2 Å². The number of hydrogen-bond acceptors (Lipinski definition) is 3. The zero-order valence-corrected chi connectivity index (χ0v) is 9.62. The minimum atomic E-state index is -0.245. The number of halogens is 1. The lowest BCUT2D eigenvalue weighted by molar-refractivity contribution is 0.577. The van der Waals surface area contributed by atoms with E-state index >= 15 is 0 Å². The molecule has 1 aromatic rings. The lowest BCUT2D eigenvalue weighted by atomic mass is 10.1. The van der Waals surface area contributed by atoms with Crippen LogP contribution in [0.15, 0.2) is 12.3 Å². The largest absolute Gasteiger partial charge is 0.351 e. The van der Waals surface area contributed by atoms with E-state index in [-0.39, 0.29) is 12.4 Å². The zero-order chi connectivity index (χ0) is 11.5. The molecular formula is C12H18FN3. The Labute approximate surface area is 95.5 Å². The predicted molar refractivity (Wildman–Crippen MR) is 62.7 cm³/mol. The Hall–Kier alpha value is -1.16. The van der Waals surface area contributed by atoms with Crippen molar-refractivity contribution in [1.29, 1.82) is 0 Å². The molecule has 4 heteroatoms. The van der Waals surface area contributed by atoms with E-state index < -0.39 is 0 Å². The summed E-state index contributed by atoms with van der Waals surface area (Å²) in [5, 5.41) is 0. The summed E-state index contributed by atoms with van der Waals surface area (Å²) >= 11 is 0. The minimum Gasteiger partial charge on any atom is -0.351 e. The maximum atomic E-state index is 14.1. The van der Waals surface area contributed by atoms with E-state index in [4.69, 9.17) is 5.73 Å². The Morgan fingerprint density at radius 3 is 3.12 bits per heavy atom. The molecule has 0 bridgehead atoms. The average Bonchev–Trinajstić information content (AvgIpc) is 2.77. The molecule has 16 heavy (non-hydrogen) atoms. The number of rotatable bonds is 3. The van der Waals surface area contributed by atoms with E-state index in [2.05, 4.69) is 16.8 Å². The molecule has 0 spiro atoms. The van der Waals surface area contributed by atoms with Gasteiger partial charge >= 0.3 is 0 Å². The van der Waals surface area contributed by atoms with Crippen LogP contribution in [0.3, 0.4) is 0 Å². The molecule has 0 radical (unpaired) electrons. The van der Waals surface area contributed by atoms with Gasteiger partial charge in [-0.25, -0.2) is 9.37 Å². The van der Waals surface area contributed by atoms with Gasteiger partial charge in [0.15, 0.2) is 11.6 Å². The first-order valence-electron chi connectivity index (χ1n) is 5.88. The van der Waals surface area contributed by atoms with Gasteiger partial charge in [0.2, 0.25) is 0 Å². The fraction of sp³-hybridized carbons (Fsp3) is 0.583. The first-order chi connectivity index (χ1) is 7.77. The summed E-state index contributed by atoms with van der Waals surface area (Å²) in [4.78, 5) is 6.24. The van der Waals surface area contributed by atoms with E-state index in [1.165, 1.54) is 0 Å². The third kappa shape index (κ3) is 1.89. The van der Waals surface area contributed by atoms with Crippen molar-refractivity contribution < 1.29 is 4.39 Å². The van der Waals surface area contributed by atoms with Crippen molar-refractivity contribution in [1.82, 2.24) is 4.98 Å². The molecule has 0 saturated carbocycles. The van der Waals surface area contributed by atoms with Crippen molar-refractivity contribution in [2.75, 3.05) is 11.4 Å². The van der Waals surface area contributed by atoms with E-state index in [1.54, 1.807) is 12.3 Å². The maximum absolute atomic E-state index is 14.1. The Balaban J connectivity index is 2.32. The van der Waals surface area contributed by atoms with Crippen LogP contribution in [0.2, 0.25) is 0 Å². The Kier molecular flexibility index (Phi) is 3.39. The van der Waals surface area contributed by atoms with Gasteiger partial charge in [-0.3, -0.25) is 0 Å². The molecule has 1 unspecified atom stereocenters. The SMILES string of the molecule is CCC1CCCN1c1nccc(CN)c1F. The van der Waals surface area contributed by atoms with Gasteiger partial charge in [-0.05, 0) is 25.3 Å². The van der Waals surface area contributed by atoms with E-state index in [9.17, 15) is 4.39 Å². The smallest absolute Gasteiger partial charge is 0.170 e.